The van der Waals surface area contributed by atoms with Crippen LogP contribution in [0.3, 0.4) is 0 Å². The molecule has 5 rings (SSSR count). The summed E-state index contributed by atoms with van der Waals surface area (Å²) < 4.78 is 7.34. The number of hydrogen-bond donors (Lipinski definition) is 1. The molecule has 0 unspecified atom stereocenters. The number of pyridine rings is 1. The predicted octanol–water partition coefficient (Wildman–Crippen LogP) is 3.85. The van der Waals surface area contributed by atoms with Gasteiger partial charge in [0.2, 0.25) is 0 Å². The molecule has 0 radical (unpaired) electrons. The highest BCUT2D eigenvalue weighted by Crippen LogP contribution is 2.35. The van der Waals surface area contributed by atoms with Gasteiger partial charge in [-0.15, -0.1) is 5.10 Å². The molecule has 0 spiro atoms. The molecule has 0 amide bonds. The number of nitrogens with one attached hydrogen (secondary N) is 1. The average Bonchev–Trinajstić information content (AvgIpc) is 3.30. The monoisotopic (exact) mass is 436 g/mol. The Kier molecular flexibility index (Phi) is 5.95. The van der Waals surface area contributed by atoms with Gasteiger partial charge in [-0.25, -0.2) is 4.68 Å². The Balaban J connectivity index is 1.61. The molecule has 3 aromatic rings. The number of benzene rings is 1. The maximum atomic E-state index is 13.4. The van der Waals surface area contributed by atoms with Crippen LogP contribution in [0.5, 0.6) is 5.75 Å². The average molecular weight is 437 g/mol. The van der Waals surface area contributed by atoms with E-state index in [1.54, 1.807) is 7.11 Å². The van der Waals surface area contributed by atoms with Crippen molar-refractivity contribution >= 4 is 10.9 Å². The number of rotatable bonds is 5. The van der Waals surface area contributed by atoms with Gasteiger partial charge in [-0.1, -0.05) is 26.2 Å². The lowest BCUT2D eigenvalue weighted by Crippen LogP contribution is -2.40. The van der Waals surface area contributed by atoms with E-state index in [0.717, 1.165) is 61.2 Å². The second-order valence-corrected chi connectivity index (χ2v) is 9.40. The predicted molar refractivity (Wildman–Crippen MR) is 123 cm³/mol. The largest absolute Gasteiger partial charge is 0.497 e. The van der Waals surface area contributed by atoms with Crippen molar-refractivity contribution in [3.8, 4) is 5.75 Å². The van der Waals surface area contributed by atoms with E-state index in [-0.39, 0.29) is 11.6 Å². The van der Waals surface area contributed by atoms with Crippen molar-refractivity contribution in [2.24, 2.45) is 5.92 Å². The Bertz CT molecular complexity index is 1120. The highest BCUT2D eigenvalue weighted by atomic mass is 16.5. The summed E-state index contributed by atoms with van der Waals surface area (Å²) in [5.41, 5.74) is 1.40. The van der Waals surface area contributed by atoms with Crippen LogP contribution in [0.15, 0.2) is 29.1 Å². The highest BCUT2D eigenvalue weighted by Gasteiger charge is 2.34. The van der Waals surface area contributed by atoms with Crippen molar-refractivity contribution in [1.29, 1.82) is 0 Å². The smallest absolute Gasteiger partial charge is 0.253 e. The zero-order chi connectivity index (χ0) is 22.1. The van der Waals surface area contributed by atoms with Crippen LogP contribution in [0.25, 0.3) is 10.9 Å². The Morgan fingerprint density at radius 1 is 1.09 bits per heavy atom. The third kappa shape index (κ3) is 4.03. The molecule has 0 bridgehead atoms. The molecule has 2 fully saturated rings. The molecule has 1 aliphatic carbocycles. The third-order valence-electron chi connectivity index (χ3n) is 7.24. The second kappa shape index (κ2) is 9.02. The molecule has 32 heavy (non-hydrogen) atoms. The van der Waals surface area contributed by atoms with Crippen LogP contribution < -0.4 is 10.3 Å². The minimum absolute atomic E-state index is 0.0902. The molecule has 1 saturated heterocycles. The summed E-state index contributed by atoms with van der Waals surface area (Å²) in [6, 6.07) is 7.85. The molecule has 1 N–H and O–H groups in total. The third-order valence-corrected chi connectivity index (χ3v) is 7.24. The van der Waals surface area contributed by atoms with Gasteiger partial charge in [0.05, 0.1) is 18.7 Å². The van der Waals surface area contributed by atoms with E-state index in [4.69, 9.17) is 4.74 Å². The molecule has 8 heteroatoms. The van der Waals surface area contributed by atoms with Gasteiger partial charge in [-0.3, -0.25) is 9.69 Å². The Labute approximate surface area is 188 Å². The number of ether oxygens (including phenoxy) is 1. The topological polar surface area (TPSA) is 88.9 Å². The lowest BCUT2D eigenvalue weighted by atomic mass is 9.93. The van der Waals surface area contributed by atoms with E-state index in [1.807, 2.05) is 28.9 Å². The number of methoxy groups -OCH3 is 1. The number of aromatic amines is 1. The van der Waals surface area contributed by atoms with E-state index in [1.165, 1.54) is 19.3 Å². The quantitative estimate of drug-likeness (QED) is 0.654. The van der Waals surface area contributed by atoms with Crippen LogP contribution >= 0.6 is 0 Å². The summed E-state index contributed by atoms with van der Waals surface area (Å²) in [6.45, 7) is 4.17. The maximum absolute atomic E-state index is 13.4. The normalized spacial score (nSPS) is 19.9. The fourth-order valence-electron chi connectivity index (χ4n) is 5.28. The minimum atomic E-state index is -0.255. The number of fused-ring (bicyclic) bond motifs is 1. The van der Waals surface area contributed by atoms with Crippen LogP contribution in [0.4, 0.5) is 0 Å². The number of hydrogen-bond acceptors (Lipinski definition) is 6. The van der Waals surface area contributed by atoms with Crippen molar-refractivity contribution in [2.75, 3.05) is 20.2 Å². The lowest BCUT2D eigenvalue weighted by Gasteiger charge is -2.36. The van der Waals surface area contributed by atoms with E-state index < -0.39 is 0 Å². The molecule has 170 valence electrons. The summed E-state index contributed by atoms with van der Waals surface area (Å²) in [6.07, 6.45) is 8.09. The van der Waals surface area contributed by atoms with E-state index in [9.17, 15) is 4.79 Å². The van der Waals surface area contributed by atoms with Crippen molar-refractivity contribution < 1.29 is 4.74 Å². The molecule has 2 aliphatic rings. The van der Waals surface area contributed by atoms with Gasteiger partial charge in [-0.2, -0.15) is 0 Å². The Hall–Kier alpha value is -2.74. The van der Waals surface area contributed by atoms with Crippen LogP contribution in [0.2, 0.25) is 0 Å². The maximum Gasteiger partial charge on any atom is 0.253 e. The van der Waals surface area contributed by atoms with Gasteiger partial charge in [-0.05, 0) is 78.7 Å². The molecule has 1 atom stereocenters. The summed E-state index contributed by atoms with van der Waals surface area (Å²) in [5, 5.41) is 14.0. The van der Waals surface area contributed by atoms with Gasteiger partial charge >= 0.3 is 0 Å². The van der Waals surface area contributed by atoms with Crippen molar-refractivity contribution in [3.05, 3.63) is 46.0 Å². The van der Waals surface area contributed by atoms with Gasteiger partial charge in [0, 0.05) is 11.6 Å². The van der Waals surface area contributed by atoms with Crippen molar-refractivity contribution in [1.82, 2.24) is 30.1 Å². The number of H-pyrrole nitrogens is 1. The first kappa shape index (κ1) is 21.1. The van der Waals surface area contributed by atoms with Gasteiger partial charge in [0.1, 0.15) is 11.8 Å². The van der Waals surface area contributed by atoms with Gasteiger partial charge in [0.15, 0.2) is 5.82 Å². The molecule has 2 aromatic heterocycles. The van der Waals surface area contributed by atoms with E-state index >= 15 is 0 Å². The lowest BCUT2D eigenvalue weighted by molar-refractivity contribution is 0.146. The van der Waals surface area contributed by atoms with E-state index in [0.29, 0.717) is 17.5 Å². The minimum Gasteiger partial charge on any atom is -0.497 e. The van der Waals surface area contributed by atoms with E-state index in [2.05, 4.69) is 32.3 Å². The number of tetrazole rings is 1. The molecule has 1 aromatic carbocycles. The number of aromatic nitrogens is 5. The molecule has 1 aliphatic heterocycles. The first-order valence-electron chi connectivity index (χ1n) is 11.9. The van der Waals surface area contributed by atoms with Crippen LogP contribution in [-0.2, 0) is 0 Å². The fourth-order valence-corrected chi connectivity index (χ4v) is 5.28. The zero-order valence-corrected chi connectivity index (χ0v) is 19.0. The number of likely N-dealkylation sites (tertiary alicyclic amines) is 1. The van der Waals surface area contributed by atoms with Crippen LogP contribution in [0, 0.1) is 5.92 Å². The first-order chi connectivity index (χ1) is 15.6. The Morgan fingerprint density at radius 3 is 2.62 bits per heavy atom. The van der Waals surface area contributed by atoms with Crippen LogP contribution in [-0.4, -0.2) is 50.3 Å². The number of piperidine rings is 1. The summed E-state index contributed by atoms with van der Waals surface area (Å²) in [5.74, 6) is 2.22. The fraction of sp³-hybridized carbons (Fsp3) is 0.583. The second-order valence-electron chi connectivity index (χ2n) is 9.40. The van der Waals surface area contributed by atoms with Gasteiger partial charge in [0.25, 0.3) is 5.56 Å². The summed E-state index contributed by atoms with van der Waals surface area (Å²) in [7, 11) is 1.63. The molecule has 1 saturated carbocycles. The SMILES string of the molecule is COc1ccc2cc([C@H](c3nnnn3C3CCCCC3)N3CCC(C)CC3)c(=O)[nH]c2c1. The zero-order valence-electron chi connectivity index (χ0n) is 19.0. The summed E-state index contributed by atoms with van der Waals surface area (Å²) >= 11 is 0. The van der Waals surface area contributed by atoms with Crippen molar-refractivity contribution in [3.63, 3.8) is 0 Å². The molecule has 8 nitrogen and oxygen atoms in total. The highest BCUT2D eigenvalue weighted by molar-refractivity contribution is 5.80. The van der Waals surface area contributed by atoms with Crippen LogP contribution in [0.1, 0.15) is 75.3 Å². The Morgan fingerprint density at radius 2 is 1.88 bits per heavy atom. The summed E-state index contributed by atoms with van der Waals surface area (Å²) in [4.78, 5) is 18.8. The first-order valence-corrected chi connectivity index (χ1v) is 11.9. The number of nitrogens with zero attached hydrogens (tertiary/aromatic N) is 5. The molecule has 3 heterocycles. The van der Waals surface area contributed by atoms with Crippen molar-refractivity contribution in [2.45, 2.75) is 64.0 Å². The molecular weight excluding hydrogens is 404 g/mol. The standard InChI is InChI=1S/C24H32N6O2/c1-16-10-12-29(13-11-16)22(23-26-27-28-30(23)18-6-4-3-5-7-18)20-14-17-8-9-19(32-2)15-21(17)25-24(20)31/h8-9,14-16,18,22H,3-7,10-13H2,1-2H3,(H,25,31)/t22-/m1/s1. The molecular formula is C24H32N6O2. The van der Waals surface area contributed by atoms with Gasteiger partial charge < -0.3 is 9.72 Å².